The van der Waals surface area contributed by atoms with Crippen LogP contribution in [0.5, 0.6) is 0 Å². The van der Waals surface area contributed by atoms with Crippen molar-refractivity contribution in [2.45, 2.75) is 58.9 Å². The van der Waals surface area contributed by atoms with Crippen LogP contribution in [0.2, 0.25) is 0 Å². The van der Waals surface area contributed by atoms with Gasteiger partial charge in [0.15, 0.2) is 0 Å². The minimum atomic E-state index is -0.142. The van der Waals surface area contributed by atoms with Crippen LogP contribution in [-0.4, -0.2) is 24.4 Å². The molecule has 1 aromatic carbocycles. The smallest absolute Gasteiger partial charge is 0.251 e. The van der Waals surface area contributed by atoms with Gasteiger partial charge in [0.25, 0.3) is 5.91 Å². The third-order valence-corrected chi connectivity index (χ3v) is 3.67. The second kappa shape index (κ2) is 7.97. The summed E-state index contributed by atoms with van der Waals surface area (Å²) in [5.74, 6) is -0.172. The second-order valence-electron chi connectivity index (χ2n) is 6.71. The van der Waals surface area contributed by atoms with Crippen LogP contribution in [0.3, 0.4) is 0 Å². The van der Waals surface area contributed by atoms with E-state index in [1.54, 1.807) is 0 Å². The van der Waals surface area contributed by atoms with Gasteiger partial charge in [0, 0.05) is 24.6 Å². The second-order valence-corrected chi connectivity index (χ2v) is 6.71. The van der Waals surface area contributed by atoms with Crippen LogP contribution in [0.4, 0.5) is 0 Å². The third kappa shape index (κ3) is 5.88. The molecule has 1 aromatic rings. The number of amides is 2. The van der Waals surface area contributed by atoms with E-state index in [-0.39, 0.29) is 23.3 Å². The number of benzene rings is 1. The standard InChI is InChI=1S/C18H28N2O2/c1-6-13(2)20-16(21)11-12-19-17(22)14-7-9-15(10-8-14)18(3,4)5/h7-10,13H,6,11-12H2,1-5H3,(H,19,22)(H,20,21). The molecule has 0 aliphatic heterocycles. The number of carbonyl (C=O) groups excluding carboxylic acids is 2. The average molecular weight is 304 g/mol. The Morgan fingerprint density at radius 3 is 2.23 bits per heavy atom. The van der Waals surface area contributed by atoms with Crippen molar-refractivity contribution in [3.63, 3.8) is 0 Å². The summed E-state index contributed by atoms with van der Waals surface area (Å²) < 4.78 is 0. The first kappa shape index (κ1) is 18.2. The topological polar surface area (TPSA) is 58.2 Å². The van der Waals surface area contributed by atoms with Crippen molar-refractivity contribution in [3.8, 4) is 0 Å². The molecule has 0 saturated carbocycles. The number of hydrogen-bond acceptors (Lipinski definition) is 2. The minimum absolute atomic E-state index is 0.0299. The van der Waals surface area contributed by atoms with Crippen molar-refractivity contribution in [2.75, 3.05) is 6.54 Å². The minimum Gasteiger partial charge on any atom is -0.354 e. The molecule has 1 unspecified atom stereocenters. The zero-order chi connectivity index (χ0) is 16.8. The highest BCUT2D eigenvalue weighted by Crippen LogP contribution is 2.22. The van der Waals surface area contributed by atoms with Crippen molar-refractivity contribution in [3.05, 3.63) is 35.4 Å². The van der Waals surface area contributed by atoms with E-state index in [0.717, 1.165) is 6.42 Å². The third-order valence-electron chi connectivity index (χ3n) is 3.67. The maximum Gasteiger partial charge on any atom is 0.251 e. The molecule has 4 nitrogen and oxygen atoms in total. The summed E-state index contributed by atoms with van der Waals surface area (Å²) >= 11 is 0. The molecule has 2 amide bonds. The van der Waals surface area contributed by atoms with E-state index in [2.05, 4.69) is 31.4 Å². The van der Waals surface area contributed by atoms with E-state index < -0.39 is 0 Å². The van der Waals surface area contributed by atoms with Crippen molar-refractivity contribution in [1.82, 2.24) is 10.6 Å². The zero-order valence-electron chi connectivity index (χ0n) is 14.3. The van der Waals surface area contributed by atoms with Crippen LogP contribution >= 0.6 is 0 Å². The van der Waals surface area contributed by atoms with Gasteiger partial charge in [-0.05, 0) is 36.5 Å². The molecule has 2 N–H and O–H groups in total. The lowest BCUT2D eigenvalue weighted by atomic mass is 9.87. The molecule has 0 heterocycles. The SMILES string of the molecule is CCC(C)NC(=O)CCNC(=O)c1ccc(C(C)(C)C)cc1. The van der Waals surface area contributed by atoms with E-state index in [1.165, 1.54) is 5.56 Å². The lowest BCUT2D eigenvalue weighted by molar-refractivity contribution is -0.121. The molecule has 0 spiro atoms. The van der Waals surface area contributed by atoms with Gasteiger partial charge in [-0.25, -0.2) is 0 Å². The van der Waals surface area contributed by atoms with Crippen LogP contribution in [0.1, 0.15) is 63.4 Å². The molecule has 0 saturated heterocycles. The molecule has 1 rings (SSSR count). The van der Waals surface area contributed by atoms with Gasteiger partial charge in [0.1, 0.15) is 0 Å². The van der Waals surface area contributed by atoms with Crippen molar-refractivity contribution in [1.29, 1.82) is 0 Å². The Kier molecular flexibility index (Phi) is 6.60. The van der Waals surface area contributed by atoms with Gasteiger partial charge in [-0.3, -0.25) is 9.59 Å². The highest BCUT2D eigenvalue weighted by Gasteiger charge is 2.14. The van der Waals surface area contributed by atoms with Gasteiger partial charge < -0.3 is 10.6 Å². The van der Waals surface area contributed by atoms with Crippen molar-refractivity contribution >= 4 is 11.8 Å². The molecule has 22 heavy (non-hydrogen) atoms. The van der Waals surface area contributed by atoms with Gasteiger partial charge in [-0.15, -0.1) is 0 Å². The van der Waals surface area contributed by atoms with E-state index in [0.29, 0.717) is 18.5 Å². The van der Waals surface area contributed by atoms with Crippen LogP contribution < -0.4 is 10.6 Å². The highest BCUT2D eigenvalue weighted by molar-refractivity contribution is 5.94. The first-order chi connectivity index (χ1) is 10.2. The number of hydrogen-bond donors (Lipinski definition) is 2. The summed E-state index contributed by atoms with van der Waals surface area (Å²) in [7, 11) is 0. The Morgan fingerprint density at radius 2 is 1.73 bits per heavy atom. The van der Waals surface area contributed by atoms with E-state index in [1.807, 2.05) is 38.1 Å². The quantitative estimate of drug-likeness (QED) is 0.848. The van der Waals surface area contributed by atoms with Crippen LogP contribution in [0.25, 0.3) is 0 Å². The fourth-order valence-corrected chi connectivity index (χ4v) is 1.96. The summed E-state index contributed by atoms with van der Waals surface area (Å²) in [4.78, 5) is 23.6. The largest absolute Gasteiger partial charge is 0.354 e. The fraction of sp³-hybridized carbons (Fsp3) is 0.556. The predicted molar refractivity (Wildman–Crippen MR) is 90.0 cm³/mol. The summed E-state index contributed by atoms with van der Waals surface area (Å²) in [5.41, 5.74) is 1.88. The Morgan fingerprint density at radius 1 is 1.14 bits per heavy atom. The lowest BCUT2D eigenvalue weighted by Gasteiger charge is -2.19. The Hall–Kier alpha value is -1.84. The van der Waals surface area contributed by atoms with E-state index in [4.69, 9.17) is 0 Å². The Bertz CT molecular complexity index is 501. The molecule has 0 fully saturated rings. The molecule has 0 aromatic heterocycles. The number of nitrogens with one attached hydrogen (secondary N) is 2. The van der Waals surface area contributed by atoms with E-state index in [9.17, 15) is 9.59 Å². The predicted octanol–water partition coefficient (Wildman–Crippen LogP) is 3.02. The van der Waals surface area contributed by atoms with Gasteiger partial charge in [-0.2, -0.15) is 0 Å². The molecule has 0 aliphatic carbocycles. The molecule has 0 bridgehead atoms. The molecule has 4 heteroatoms. The summed E-state index contributed by atoms with van der Waals surface area (Å²) in [5, 5.41) is 5.66. The maximum absolute atomic E-state index is 12.0. The lowest BCUT2D eigenvalue weighted by Crippen LogP contribution is -2.35. The number of rotatable bonds is 6. The van der Waals surface area contributed by atoms with Crippen molar-refractivity contribution in [2.24, 2.45) is 0 Å². The molecule has 122 valence electrons. The monoisotopic (exact) mass is 304 g/mol. The molecule has 0 aliphatic rings. The summed E-state index contributed by atoms with van der Waals surface area (Å²) in [6, 6.07) is 7.78. The van der Waals surface area contributed by atoms with Crippen molar-refractivity contribution < 1.29 is 9.59 Å². The molecule has 0 radical (unpaired) electrons. The van der Waals surface area contributed by atoms with Gasteiger partial charge in [0.2, 0.25) is 5.91 Å². The Balaban J connectivity index is 2.44. The normalized spacial score (nSPS) is 12.6. The number of carbonyl (C=O) groups is 2. The van der Waals surface area contributed by atoms with Gasteiger partial charge in [-0.1, -0.05) is 39.8 Å². The highest BCUT2D eigenvalue weighted by atomic mass is 16.2. The summed E-state index contributed by atoms with van der Waals surface area (Å²) in [6.07, 6.45) is 1.20. The van der Waals surface area contributed by atoms with Crippen LogP contribution in [0.15, 0.2) is 24.3 Å². The molecular formula is C18H28N2O2. The first-order valence-electron chi connectivity index (χ1n) is 7.92. The fourth-order valence-electron chi connectivity index (χ4n) is 1.96. The van der Waals surface area contributed by atoms with Gasteiger partial charge in [0.05, 0.1) is 0 Å². The average Bonchev–Trinajstić information content (AvgIpc) is 2.46. The van der Waals surface area contributed by atoms with Crippen LogP contribution in [0, 0.1) is 0 Å². The Labute approximate surface area is 133 Å². The zero-order valence-corrected chi connectivity index (χ0v) is 14.3. The summed E-state index contributed by atoms with van der Waals surface area (Å²) in [6.45, 7) is 10.7. The first-order valence-corrected chi connectivity index (χ1v) is 7.92. The molecule has 1 atom stereocenters. The van der Waals surface area contributed by atoms with Crippen LogP contribution in [-0.2, 0) is 10.2 Å². The maximum atomic E-state index is 12.0. The van der Waals surface area contributed by atoms with E-state index >= 15 is 0 Å². The molecular weight excluding hydrogens is 276 g/mol. The van der Waals surface area contributed by atoms with Gasteiger partial charge >= 0.3 is 0 Å².